The minimum atomic E-state index is -1.98. The zero-order chi connectivity index (χ0) is 22.5. The Morgan fingerprint density at radius 2 is 2.10 bits per heavy atom. The van der Waals surface area contributed by atoms with Crippen LogP contribution in [0.4, 0.5) is 21.5 Å². The highest BCUT2D eigenvalue weighted by Gasteiger charge is 2.32. The van der Waals surface area contributed by atoms with E-state index in [2.05, 4.69) is 10.6 Å². The molecule has 0 aliphatic carbocycles. The smallest absolute Gasteiger partial charge is 0.272 e. The minimum absolute atomic E-state index is 0.0139. The summed E-state index contributed by atoms with van der Waals surface area (Å²) in [4.78, 5) is 33.2. The number of hydrogen-bond acceptors (Lipinski definition) is 8. The molecule has 160 valence electrons. The molecule has 0 saturated carbocycles. The van der Waals surface area contributed by atoms with E-state index in [1.54, 1.807) is 0 Å². The number of carbonyl (C=O) groups is 2. The van der Waals surface area contributed by atoms with Crippen LogP contribution >= 0.6 is 0 Å². The second-order valence-electron chi connectivity index (χ2n) is 6.72. The molecule has 2 aromatic carbocycles. The standard InChI is InChI=1S/C19H21FN4O6/c1-11-7-12(3-6-16(11)24(28)29)22-18(26)19(2,27)10-30-13-4-5-15(14(20)8-13)23-17(21)9-25/h3-9,17,23,27H,10,21H2,1-2H3,(H,22,26). The molecule has 1 amide bonds. The van der Waals surface area contributed by atoms with Gasteiger partial charge in [0.1, 0.15) is 24.3 Å². The normalized spacial score (nSPS) is 13.6. The highest BCUT2D eigenvalue weighted by molar-refractivity contribution is 5.97. The van der Waals surface area contributed by atoms with Crippen LogP contribution < -0.4 is 21.1 Å². The first kappa shape index (κ1) is 22.7. The van der Waals surface area contributed by atoms with Gasteiger partial charge in [0.2, 0.25) is 0 Å². The number of aliphatic hydroxyl groups is 1. The lowest BCUT2D eigenvalue weighted by Gasteiger charge is -2.23. The second-order valence-corrected chi connectivity index (χ2v) is 6.72. The van der Waals surface area contributed by atoms with Crippen LogP contribution in [-0.4, -0.2) is 40.6 Å². The second kappa shape index (κ2) is 9.29. The van der Waals surface area contributed by atoms with Crippen molar-refractivity contribution in [2.24, 2.45) is 5.73 Å². The maximum Gasteiger partial charge on any atom is 0.272 e. The predicted molar refractivity (Wildman–Crippen MR) is 107 cm³/mol. The van der Waals surface area contributed by atoms with Crippen molar-refractivity contribution in [1.29, 1.82) is 0 Å². The zero-order valence-corrected chi connectivity index (χ0v) is 16.2. The maximum atomic E-state index is 14.0. The Balaban J connectivity index is 2.01. The average molecular weight is 420 g/mol. The van der Waals surface area contributed by atoms with Crippen LogP contribution in [0.2, 0.25) is 0 Å². The molecule has 0 saturated heterocycles. The van der Waals surface area contributed by atoms with Gasteiger partial charge in [-0.25, -0.2) is 4.39 Å². The third-order valence-electron chi connectivity index (χ3n) is 4.07. The van der Waals surface area contributed by atoms with Gasteiger partial charge in [-0.1, -0.05) is 0 Å². The monoisotopic (exact) mass is 420 g/mol. The molecule has 0 fully saturated rings. The molecule has 2 unspecified atom stereocenters. The Labute approximate surface area is 171 Å². The van der Waals surface area contributed by atoms with E-state index >= 15 is 0 Å². The molecule has 0 radical (unpaired) electrons. The Bertz CT molecular complexity index is 966. The lowest BCUT2D eigenvalue weighted by atomic mass is 10.1. The van der Waals surface area contributed by atoms with Gasteiger partial charge in [-0.05, 0) is 38.1 Å². The van der Waals surface area contributed by atoms with Crippen LogP contribution in [0.3, 0.4) is 0 Å². The fraction of sp³-hybridized carbons (Fsp3) is 0.263. The minimum Gasteiger partial charge on any atom is -0.490 e. The Morgan fingerprint density at radius 3 is 2.67 bits per heavy atom. The van der Waals surface area contributed by atoms with Gasteiger partial charge in [0, 0.05) is 23.4 Å². The molecule has 30 heavy (non-hydrogen) atoms. The highest BCUT2D eigenvalue weighted by Crippen LogP contribution is 2.24. The number of nitrogens with two attached hydrogens (primary N) is 1. The molecule has 11 heteroatoms. The number of carbonyl (C=O) groups excluding carboxylic acids is 2. The number of aldehydes is 1. The van der Waals surface area contributed by atoms with Crippen LogP contribution in [0.5, 0.6) is 5.75 Å². The van der Waals surface area contributed by atoms with Gasteiger partial charge in [0.05, 0.1) is 10.6 Å². The van der Waals surface area contributed by atoms with Crippen molar-refractivity contribution in [1.82, 2.24) is 0 Å². The Hall–Kier alpha value is -3.57. The molecule has 0 bridgehead atoms. The van der Waals surface area contributed by atoms with Gasteiger partial charge >= 0.3 is 0 Å². The SMILES string of the molecule is Cc1cc(NC(=O)C(C)(O)COc2ccc(NC(N)C=O)c(F)c2)ccc1[N+](=O)[O-]. The zero-order valence-electron chi connectivity index (χ0n) is 16.2. The molecule has 0 aliphatic rings. The lowest BCUT2D eigenvalue weighted by molar-refractivity contribution is -0.385. The average Bonchev–Trinajstić information content (AvgIpc) is 2.67. The van der Waals surface area contributed by atoms with Crippen LogP contribution in [0.25, 0.3) is 0 Å². The van der Waals surface area contributed by atoms with Gasteiger partial charge in [0.25, 0.3) is 11.6 Å². The number of nitro groups is 1. The van der Waals surface area contributed by atoms with E-state index in [1.165, 1.54) is 44.2 Å². The summed E-state index contributed by atoms with van der Waals surface area (Å²) < 4.78 is 19.3. The van der Waals surface area contributed by atoms with Crippen LogP contribution in [0.15, 0.2) is 36.4 Å². The Morgan fingerprint density at radius 1 is 1.40 bits per heavy atom. The number of benzene rings is 2. The van der Waals surface area contributed by atoms with Crippen molar-refractivity contribution in [2.75, 3.05) is 17.2 Å². The molecular weight excluding hydrogens is 399 g/mol. The van der Waals surface area contributed by atoms with E-state index in [1.807, 2.05) is 0 Å². The number of hydrogen-bond donors (Lipinski definition) is 4. The lowest BCUT2D eigenvalue weighted by Crippen LogP contribution is -2.45. The fourth-order valence-corrected chi connectivity index (χ4v) is 2.41. The summed E-state index contributed by atoms with van der Waals surface area (Å²) in [5, 5.41) is 26.1. The van der Waals surface area contributed by atoms with E-state index in [4.69, 9.17) is 10.5 Å². The summed E-state index contributed by atoms with van der Waals surface area (Å²) in [7, 11) is 0. The van der Waals surface area contributed by atoms with Gasteiger partial charge < -0.3 is 26.2 Å². The first-order valence-corrected chi connectivity index (χ1v) is 8.72. The maximum absolute atomic E-state index is 14.0. The van der Waals surface area contributed by atoms with Crippen LogP contribution in [0.1, 0.15) is 12.5 Å². The largest absolute Gasteiger partial charge is 0.490 e. The number of ether oxygens (including phenoxy) is 1. The predicted octanol–water partition coefficient (Wildman–Crippen LogP) is 1.71. The third kappa shape index (κ3) is 5.72. The molecule has 5 N–H and O–H groups in total. The molecule has 10 nitrogen and oxygen atoms in total. The van der Waals surface area contributed by atoms with Crippen molar-refractivity contribution in [3.63, 3.8) is 0 Å². The molecule has 0 aliphatic heterocycles. The summed E-state index contributed by atoms with van der Waals surface area (Å²) in [5.74, 6) is -1.52. The van der Waals surface area contributed by atoms with Crippen molar-refractivity contribution in [2.45, 2.75) is 25.6 Å². The molecule has 0 aromatic heterocycles. The third-order valence-corrected chi connectivity index (χ3v) is 4.07. The van der Waals surface area contributed by atoms with Crippen molar-refractivity contribution < 1.29 is 28.7 Å². The van der Waals surface area contributed by atoms with Gasteiger partial charge in [0.15, 0.2) is 11.9 Å². The van der Waals surface area contributed by atoms with Gasteiger partial charge in [-0.15, -0.1) is 0 Å². The topological polar surface area (TPSA) is 157 Å². The molecule has 0 spiro atoms. The number of nitro benzene ring substituents is 1. The number of halogens is 1. The molecule has 2 rings (SSSR count). The summed E-state index contributed by atoms with van der Waals surface area (Å²) >= 11 is 0. The fourth-order valence-electron chi connectivity index (χ4n) is 2.41. The van der Waals surface area contributed by atoms with E-state index in [0.717, 1.165) is 6.07 Å². The summed E-state index contributed by atoms with van der Waals surface area (Å²) in [5.41, 5.74) is 3.87. The number of amides is 1. The number of aryl methyl sites for hydroxylation is 1. The quantitative estimate of drug-likeness (QED) is 0.207. The number of rotatable bonds is 9. The molecule has 2 aromatic rings. The summed E-state index contributed by atoms with van der Waals surface area (Å²) in [6, 6.07) is 7.65. The molecule has 0 heterocycles. The van der Waals surface area contributed by atoms with Crippen molar-refractivity contribution >= 4 is 29.3 Å². The number of nitrogens with one attached hydrogen (secondary N) is 2. The van der Waals surface area contributed by atoms with E-state index < -0.39 is 35.0 Å². The van der Waals surface area contributed by atoms with Crippen molar-refractivity contribution in [3.05, 3.63) is 57.9 Å². The molecule has 2 atom stereocenters. The Kier molecular flexibility index (Phi) is 7.03. The van der Waals surface area contributed by atoms with Gasteiger partial charge in [-0.3, -0.25) is 19.7 Å². The summed E-state index contributed by atoms with van der Waals surface area (Å²) in [6.45, 7) is 2.23. The first-order chi connectivity index (χ1) is 14.0. The number of nitrogens with zero attached hydrogens (tertiary/aromatic N) is 1. The highest BCUT2D eigenvalue weighted by atomic mass is 19.1. The van der Waals surface area contributed by atoms with E-state index in [-0.39, 0.29) is 22.8 Å². The van der Waals surface area contributed by atoms with E-state index in [9.17, 15) is 29.2 Å². The molecular formula is C19H21FN4O6. The van der Waals surface area contributed by atoms with E-state index in [0.29, 0.717) is 11.8 Å². The first-order valence-electron chi connectivity index (χ1n) is 8.72. The van der Waals surface area contributed by atoms with Gasteiger partial charge in [-0.2, -0.15) is 0 Å². The summed E-state index contributed by atoms with van der Waals surface area (Å²) in [6.07, 6.45) is -0.662. The van der Waals surface area contributed by atoms with Crippen LogP contribution in [-0.2, 0) is 9.59 Å². The van der Waals surface area contributed by atoms with Crippen molar-refractivity contribution in [3.8, 4) is 5.75 Å². The van der Waals surface area contributed by atoms with Crippen LogP contribution in [0, 0.1) is 22.9 Å². The number of anilines is 2.